The highest BCUT2D eigenvalue weighted by Crippen LogP contribution is 2.23. The van der Waals surface area contributed by atoms with Crippen LogP contribution in [0.25, 0.3) is 33.6 Å². The molecule has 4 rings (SSSR count). The summed E-state index contributed by atoms with van der Waals surface area (Å²) in [6.45, 7) is 0. The lowest BCUT2D eigenvalue weighted by Crippen LogP contribution is -1.88. The summed E-state index contributed by atoms with van der Waals surface area (Å²) in [5.74, 6) is 0. The molecule has 0 aliphatic heterocycles. The molecule has 4 aromatic rings. The molecule has 0 saturated heterocycles. The van der Waals surface area contributed by atoms with Gasteiger partial charge in [0.15, 0.2) is 0 Å². The van der Waals surface area contributed by atoms with E-state index in [2.05, 4.69) is 19.9 Å². The zero-order chi connectivity index (χ0) is 16.2. The number of rotatable bonds is 3. The second kappa shape index (κ2) is 6.38. The van der Waals surface area contributed by atoms with E-state index in [9.17, 15) is 0 Å². The Morgan fingerprint density at radius 1 is 0.458 bits per heavy atom. The van der Waals surface area contributed by atoms with Crippen LogP contribution in [0.15, 0.2) is 85.7 Å². The topological polar surface area (TPSA) is 51.6 Å². The molecule has 0 aromatic carbocycles. The van der Waals surface area contributed by atoms with Crippen molar-refractivity contribution in [2.24, 2.45) is 0 Å². The molecule has 4 heteroatoms. The molecule has 0 saturated carbocycles. The highest BCUT2D eigenvalue weighted by molar-refractivity contribution is 5.67. The fourth-order valence-corrected chi connectivity index (χ4v) is 2.50. The Hall–Kier alpha value is -3.40. The Morgan fingerprint density at radius 3 is 1.46 bits per heavy atom. The van der Waals surface area contributed by atoms with E-state index >= 15 is 0 Å². The number of hydrogen-bond donors (Lipinski definition) is 0. The van der Waals surface area contributed by atoms with E-state index < -0.39 is 0 Å². The molecule has 24 heavy (non-hydrogen) atoms. The molecular weight excluding hydrogens is 296 g/mol. The summed E-state index contributed by atoms with van der Waals surface area (Å²) in [4.78, 5) is 17.3. The lowest BCUT2D eigenvalue weighted by atomic mass is 10.1. The summed E-state index contributed by atoms with van der Waals surface area (Å²) in [5.41, 5.74) is 5.89. The van der Waals surface area contributed by atoms with Crippen molar-refractivity contribution in [3.05, 3.63) is 85.7 Å². The highest BCUT2D eigenvalue weighted by atomic mass is 14.7. The van der Waals surface area contributed by atoms with Crippen LogP contribution in [-0.2, 0) is 0 Å². The first-order valence-electron chi connectivity index (χ1n) is 7.63. The van der Waals surface area contributed by atoms with Crippen LogP contribution < -0.4 is 0 Å². The van der Waals surface area contributed by atoms with Gasteiger partial charge in [0, 0.05) is 59.4 Å². The molecule has 0 aliphatic carbocycles. The zero-order valence-corrected chi connectivity index (χ0v) is 12.9. The summed E-state index contributed by atoms with van der Waals surface area (Å²) in [6, 6.07) is 15.9. The number of pyridine rings is 4. The maximum absolute atomic E-state index is 4.55. The first kappa shape index (κ1) is 14.2. The van der Waals surface area contributed by atoms with Crippen molar-refractivity contribution in [2.75, 3.05) is 0 Å². The molecule has 0 amide bonds. The van der Waals surface area contributed by atoms with Crippen molar-refractivity contribution in [3.8, 4) is 33.6 Å². The van der Waals surface area contributed by atoms with Crippen molar-refractivity contribution in [3.63, 3.8) is 0 Å². The molecular formula is C20H14N4. The van der Waals surface area contributed by atoms with Gasteiger partial charge in [-0.25, -0.2) is 0 Å². The van der Waals surface area contributed by atoms with Crippen LogP contribution in [0.1, 0.15) is 0 Å². The largest absolute Gasteiger partial charge is 0.264 e. The first-order valence-corrected chi connectivity index (χ1v) is 7.63. The van der Waals surface area contributed by atoms with Gasteiger partial charge in [0.05, 0.1) is 11.4 Å². The van der Waals surface area contributed by atoms with E-state index in [-0.39, 0.29) is 0 Å². The van der Waals surface area contributed by atoms with Crippen LogP contribution in [0.5, 0.6) is 0 Å². The maximum atomic E-state index is 4.55. The quantitative estimate of drug-likeness (QED) is 0.567. The number of nitrogens with zero attached hydrogens (tertiary/aromatic N) is 4. The lowest BCUT2D eigenvalue weighted by molar-refractivity contribution is 1.26. The van der Waals surface area contributed by atoms with Crippen molar-refractivity contribution in [1.82, 2.24) is 19.9 Å². The zero-order valence-electron chi connectivity index (χ0n) is 12.9. The molecule has 0 bridgehead atoms. The van der Waals surface area contributed by atoms with E-state index in [1.165, 1.54) is 0 Å². The highest BCUT2D eigenvalue weighted by Gasteiger charge is 2.04. The Kier molecular flexibility index (Phi) is 3.78. The Morgan fingerprint density at radius 2 is 0.958 bits per heavy atom. The first-order chi connectivity index (χ1) is 11.9. The molecule has 0 aliphatic rings. The minimum Gasteiger partial charge on any atom is -0.264 e. The standard InChI is InChI=1S/C20H14N4/c1-3-15(11-21-9-1)16-5-7-20(23-13-16)18-6-8-19(24-14-18)17-4-2-10-22-12-17/h1-14H. The molecule has 4 aromatic heterocycles. The summed E-state index contributed by atoms with van der Waals surface area (Å²) in [6.07, 6.45) is 10.9. The van der Waals surface area contributed by atoms with Crippen LogP contribution >= 0.6 is 0 Å². The van der Waals surface area contributed by atoms with E-state index in [4.69, 9.17) is 0 Å². The van der Waals surface area contributed by atoms with Crippen molar-refractivity contribution >= 4 is 0 Å². The van der Waals surface area contributed by atoms with E-state index in [0.717, 1.165) is 33.6 Å². The van der Waals surface area contributed by atoms with Gasteiger partial charge in [-0.3, -0.25) is 19.9 Å². The van der Waals surface area contributed by atoms with Crippen LogP contribution in [0.2, 0.25) is 0 Å². The minimum atomic E-state index is 0.896. The predicted molar refractivity (Wildman–Crippen MR) is 93.9 cm³/mol. The molecule has 0 fully saturated rings. The van der Waals surface area contributed by atoms with Gasteiger partial charge < -0.3 is 0 Å². The minimum absolute atomic E-state index is 0.896. The van der Waals surface area contributed by atoms with E-state index in [1.807, 2.05) is 73.3 Å². The third kappa shape index (κ3) is 2.90. The van der Waals surface area contributed by atoms with Crippen LogP contribution in [-0.4, -0.2) is 19.9 Å². The molecule has 114 valence electrons. The SMILES string of the molecule is c1cncc(-c2ccc(-c3ccc(-c4cccnc4)nc3)nc2)c1. The van der Waals surface area contributed by atoms with Crippen LogP contribution in [0, 0.1) is 0 Å². The summed E-state index contributed by atoms with van der Waals surface area (Å²) in [7, 11) is 0. The van der Waals surface area contributed by atoms with Gasteiger partial charge in [-0.2, -0.15) is 0 Å². The molecule has 0 unspecified atom stereocenters. The van der Waals surface area contributed by atoms with Gasteiger partial charge in [-0.1, -0.05) is 12.1 Å². The monoisotopic (exact) mass is 310 g/mol. The van der Waals surface area contributed by atoms with Crippen molar-refractivity contribution in [1.29, 1.82) is 0 Å². The smallest absolute Gasteiger partial charge is 0.0717 e. The Labute approximate surface area is 139 Å². The molecule has 0 N–H and O–H groups in total. The summed E-state index contributed by atoms with van der Waals surface area (Å²) < 4.78 is 0. The van der Waals surface area contributed by atoms with Crippen molar-refractivity contribution in [2.45, 2.75) is 0 Å². The van der Waals surface area contributed by atoms with Gasteiger partial charge in [-0.05, 0) is 36.4 Å². The molecule has 4 nitrogen and oxygen atoms in total. The third-order valence-electron chi connectivity index (χ3n) is 3.77. The van der Waals surface area contributed by atoms with Crippen molar-refractivity contribution < 1.29 is 0 Å². The van der Waals surface area contributed by atoms with Gasteiger partial charge in [-0.15, -0.1) is 0 Å². The Bertz CT molecular complexity index is 838. The predicted octanol–water partition coefficient (Wildman–Crippen LogP) is 4.27. The van der Waals surface area contributed by atoms with E-state index in [0.29, 0.717) is 0 Å². The van der Waals surface area contributed by atoms with Gasteiger partial charge in [0.2, 0.25) is 0 Å². The number of aromatic nitrogens is 4. The van der Waals surface area contributed by atoms with Gasteiger partial charge in [0.1, 0.15) is 0 Å². The molecule has 4 heterocycles. The molecule has 0 spiro atoms. The number of hydrogen-bond acceptors (Lipinski definition) is 4. The second-order valence-corrected chi connectivity index (χ2v) is 5.35. The normalized spacial score (nSPS) is 10.5. The maximum Gasteiger partial charge on any atom is 0.0717 e. The van der Waals surface area contributed by atoms with Gasteiger partial charge >= 0.3 is 0 Å². The molecule has 0 atom stereocenters. The fraction of sp³-hybridized carbons (Fsp3) is 0. The third-order valence-corrected chi connectivity index (χ3v) is 3.77. The van der Waals surface area contributed by atoms with Gasteiger partial charge in [0.25, 0.3) is 0 Å². The molecule has 0 radical (unpaired) electrons. The second-order valence-electron chi connectivity index (χ2n) is 5.35. The fourth-order valence-electron chi connectivity index (χ4n) is 2.50. The Balaban J connectivity index is 1.60. The average Bonchev–Trinajstić information content (AvgIpc) is 2.70. The average molecular weight is 310 g/mol. The van der Waals surface area contributed by atoms with Crippen LogP contribution in [0.4, 0.5) is 0 Å². The summed E-state index contributed by atoms with van der Waals surface area (Å²) in [5, 5.41) is 0. The summed E-state index contributed by atoms with van der Waals surface area (Å²) >= 11 is 0. The van der Waals surface area contributed by atoms with Crippen LogP contribution in [0.3, 0.4) is 0 Å². The van der Waals surface area contributed by atoms with E-state index in [1.54, 1.807) is 12.4 Å². The lowest BCUT2D eigenvalue weighted by Gasteiger charge is -2.05.